The highest BCUT2D eigenvalue weighted by molar-refractivity contribution is 6.07. The number of nitrogens with one attached hydrogen (secondary N) is 1. The molecule has 10 heteroatoms. The topological polar surface area (TPSA) is 84.7 Å². The van der Waals surface area contributed by atoms with Crippen LogP contribution in [0.2, 0.25) is 0 Å². The molecule has 0 spiro atoms. The highest BCUT2D eigenvalue weighted by atomic mass is 35.5. The van der Waals surface area contributed by atoms with Crippen molar-refractivity contribution in [2.24, 2.45) is 0 Å². The van der Waals surface area contributed by atoms with Gasteiger partial charge < -0.3 is 20.7 Å². The molecule has 2 aromatic rings. The maximum absolute atomic E-state index is 13.3. The van der Waals surface area contributed by atoms with Gasteiger partial charge >= 0.3 is 6.18 Å². The van der Waals surface area contributed by atoms with Gasteiger partial charge in [-0.15, -0.1) is 12.4 Å². The van der Waals surface area contributed by atoms with E-state index >= 15 is 0 Å². The predicted octanol–water partition coefficient (Wildman–Crippen LogP) is 4.10. The molecular formula is C19H19ClF3N3O3. The van der Waals surface area contributed by atoms with Crippen LogP contribution >= 0.6 is 12.4 Å². The summed E-state index contributed by atoms with van der Waals surface area (Å²) in [5, 5.41) is 2.49. The second kappa shape index (κ2) is 8.60. The molecule has 3 rings (SSSR count). The Balaban J connectivity index is 0.00000300. The number of anilines is 3. The first-order valence-electron chi connectivity index (χ1n) is 8.46. The lowest BCUT2D eigenvalue weighted by molar-refractivity contribution is -0.137. The van der Waals surface area contributed by atoms with E-state index in [-0.39, 0.29) is 47.4 Å². The molecule has 1 fully saturated rings. The Kier molecular flexibility index (Phi) is 6.63. The van der Waals surface area contributed by atoms with E-state index in [0.717, 1.165) is 12.1 Å². The van der Waals surface area contributed by atoms with E-state index in [1.807, 2.05) is 0 Å². The molecule has 0 saturated carbocycles. The average molecular weight is 430 g/mol. The van der Waals surface area contributed by atoms with Crippen molar-refractivity contribution in [1.29, 1.82) is 0 Å². The van der Waals surface area contributed by atoms with Gasteiger partial charge in [-0.1, -0.05) is 0 Å². The van der Waals surface area contributed by atoms with Crippen molar-refractivity contribution in [2.45, 2.75) is 19.0 Å². The van der Waals surface area contributed by atoms with Crippen LogP contribution in [-0.4, -0.2) is 25.5 Å². The van der Waals surface area contributed by atoms with Gasteiger partial charge in [0.25, 0.3) is 5.91 Å². The zero-order valence-electron chi connectivity index (χ0n) is 15.4. The molecule has 2 amide bonds. The smallest absolute Gasteiger partial charge is 0.416 e. The van der Waals surface area contributed by atoms with E-state index in [1.54, 1.807) is 6.07 Å². The second-order valence-corrected chi connectivity index (χ2v) is 6.32. The second-order valence-electron chi connectivity index (χ2n) is 6.32. The number of alkyl halides is 3. The van der Waals surface area contributed by atoms with Gasteiger partial charge in [-0.2, -0.15) is 13.2 Å². The highest BCUT2D eigenvalue weighted by Crippen LogP contribution is 2.34. The normalized spacial score (nSPS) is 13.8. The van der Waals surface area contributed by atoms with Crippen LogP contribution in [0.3, 0.4) is 0 Å². The SMILES string of the molecule is COc1ccc(N)c(NC(=O)c2cc(N3CCCC3=O)cc(C(F)(F)F)c2)c1.Cl. The number of hydrogen-bond acceptors (Lipinski definition) is 4. The largest absolute Gasteiger partial charge is 0.497 e. The number of hydrogen-bond donors (Lipinski definition) is 2. The highest BCUT2D eigenvalue weighted by Gasteiger charge is 2.33. The number of nitrogens with two attached hydrogens (primary N) is 1. The standard InChI is InChI=1S/C19H18F3N3O3.ClH/c1-28-14-4-5-15(23)16(10-14)24-18(27)11-7-12(19(20,21)22)9-13(8-11)25-6-2-3-17(25)26;/h4-5,7-10H,2-3,6,23H2,1H3,(H,24,27);1H. The first kappa shape index (κ1) is 22.4. The Morgan fingerprint density at radius 3 is 2.52 bits per heavy atom. The summed E-state index contributed by atoms with van der Waals surface area (Å²) in [4.78, 5) is 25.8. The van der Waals surface area contributed by atoms with Gasteiger partial charge in [-0.25, -0.2) is 0 Å². The van der Waals surface area contributed by atoms with E-state index in [2.05, 4.69) is 5.32 Å². The summed E-state index contributed by atoms with van der Waals surface area (Å²) in [7, 11) is 1.43. The summed E-state index contributed by atoms with van der Waals surface area (Å²) in [5.74, 6) is -0.626. The fourth-order valence-corrected chi connectivity index (χ4v) is 2.95. The Morgan fingerprint density at radius 1 is 1.21 bits per heavy atom. The molecule has 1 aliphatic rings. The summed E-state index contributed by atoms with van der Waals surface area (Å²) < 4.78 is 45.0. The van der Waals surface area contributed by atoms with Crippen molar-refractivity contribution in [3.63, 3.8) is 0 Å². The number of benzene rings is 2. The molecule has 0 aromatic heterocycles. The van der Waals surface area contributed by atoms with Gasteiger partial charge in [0.1, 0.15) is 5.75 Å². The number of halogens is 4. The summed E-state index contributed by atoms with van der Waals surface area (Å²) >= 11 is 0. The van der Waals surface area contributed by atoms with Crippen LogP contribution in [0.4, 0.5) is 30.2 Å². The lowest BCUT2D eigenvalue weighted by Crippen LogP contribution is -2.25. The lowest BCUT2D eigenvalue weighted by Gasteiger charge is -2.19. The molecule has 1 heterocycles. The lowest BCUT2D eigenvalue weighted by atomic mass is 10.1. The van der Waals surface area contributed by atoms with Crippen molar-refractivity contribution in [3.05, 3.63) is 47.5 Å². The van der Waals surface area contributed by atoms with E-state index in [4.69, 9.17) is 10.5 Å². The third kappa shape index (κ3) is 4.92. The van der Waals surface area contributed by atoms with Gasteiger partial charge in [-0.05, 0) is 36.8 Å². The number of rotatable bonds is 4. The predicted molar refractivity (Wildman–Crippen MR) is 106 cm³/mol. The molecule has 0 bridgehead atoms. The number of amides is 2. The van der Waals surface area contributed by atoms with Crippen molar-refractivity contribution in [2.75, 3.05) is 29.6 Å². The van der Waals surface area contributed by atoms with Crippen LogP contribution in [-0.2, 0) is 11.0 Å². The van der Waals surface area contributed by atoms with Crippen molar-refractivity contribution >= 4 is 41.3 Å². The van der Waals surface area contributed by atoms with E-state index in [0.29, 0.717) is 18.7 Å². The average Bonchev–Trinajstić information content (AvgIpc) is 3.08. The Labute approximate surface area is 171 Å². The zero-order chi connectivity index (χ0) is 20.5. The molecule has 29 heavy (non-hydrogen) atoms. The molecule has 1 aliphatic heterocycles. The molecule has 6 nitrogen and oxygen atoms in total. The third-order valence-electron chi connectivity index (χ3n) is 4.40. The number of nitrogens with zero attached hydrogens (tertiary/aromatic N) is 1. The van der Waals surface area contributed by atoms with Gasteiger partial charge in [0, 0.05) is 30.3 Å². The Hall–Kier alpha value is -2.94. The third-order valence-corrected chi connectivity index (χ3v) is 4.40. The maximum atomic E-state index is 13.3. The monoisotopic (exact) mass is 429 g/mol. The van der Waals surface area contributed by atoms with Crippen molar-refractivity contribution < 1.29 is 27.5 Å². The van der Waals surface area contributed by atoms with Gasteiger partial charge in [0.15, 0.2) is 0 Å². The number of nitrogen functional groups attached to an aromatic ring is 1. The molecule has 3 N–H and O–H groups in total. The van der Waals surface area contributed by atoms with Gasteiger partial charge in [-0.3, -0.25) is 9.59 Å². The molecular weight excluding hydrogens is 411 g/mol. The molecule has 156 valence electrons. The summed E-state index contributed by atoms with van der Waals surface area (Å²) in [6.45, 7) is 0.310. The van der Waals surface area contributed by atoms with Crippen molar-refractivity contribution in [1.82, 2.24) is 0 Å². The van der Waals surface area contributed by atoms with Crippen LogP contribution < -0.4 is 20.7 Å². The number of carbonyl (C=O) groups is 2. The molecule has 1 saturated heterocycles. The fraction of sp³-hybridized carbons (Fsp3) is 0.263. The minimum Gasteiger partial charge on any atom is -0.497 e. The maximum Gasteiger partial charge on any atom is 0.416 e. The zero-order valence-corrected chi connectivity index (χ0v) is 16.2. The number of methoxy groups -OCH3 is 1. The minimum absolute atomic E-state index is 0. The summed E-state index contributed by atoms with van der Waals surface area (Å²) in [6.07, 6.45) is -3.85. The summed E-state index contributed by atoms with van der Waals surface area (Å²) in [6, 6.07) is 7.45. The molecule has 0 unspecified atom stereocenters. The quantitative estimate of drug-likeness (QED) is 0.717. The fourth-order valence-electron chi connectivity index (χ4n) is 2.95. The number of ether oxygens (including phenoxy) is 1. The van der Waals surface area contributed by atoms with E-state index in [1.165, 1.54) is 30.2 Å². The van der Waals surface area contributed by atoms with Gasteiger partial charge in [0.2, 0.25) is 5.91 Å². The minimum atomic E-state index is -4.66. The van der Waals surface area contributed by atoms with Crippen molar-refractivity contribution in [3.8, 4) is 5.75 Å². The number of carbonyl (C=O) groups excluding carboxylic acids is 2. The van der Waals surface area contributed by atoms with Crippen LogP contribution in [0.5, 0.6) is 5.75 Å². The van der Waals surface area contributed by atoms with Crippen LogP contribution in [0.15, 0.2) is 36.4 Å². The van der Waals surface area contributed by atoms with E-state index < -0.39 is 17.6 Å². The molecule has 0 radical (unpaired) electrons. The van der Waals surface area contributed by atoms with Crippen LogP contribution in [0.25, 0.3) is 0 Å². The Bertz CT molecular complexity index is 935. The van der Waals surface area contributed by atoms with E-state index in [9.17, 15) is 22.8 Å². The molecule has 0 aliphatic carbocycles. The summed E-state index contributed by atoms with van der Waals surface area (Å²) in [5.41, 5.74) is 5.06. The first-order valence-corrected chi connectivity index (χ1v) is 8.46. The first-order chi connectivity index (χ1) is 13.2. The molecule has 0 atom stereocenters. The van der Waals surface area contributed by atoms with Crippen LogP contribution in [0, 0.1) is 0 Å². The Morgan fingerprint density at radius 2 is 1.93 bits per heavy atom. The van der Waals surface area contributed by atoms with Gasteiger partial charge in [0.05, 0.1) is 24.0 Å². The van der Waals surface area contributed by atoms with Crippen LogP contribution in [0.1, 0.15) is 28.8 Å². The molecule has 2 aromatic carbocycles.